The molecule has 5 nitrogen and oxygen atoms in total. The highest BCUT2D eigenvalue weighted by Gasteiger charge is 2.18. The molecule has 0 bridgehead atoms. The van der Waals surface area contributed by atoms with Crippen LogP contribution in [0.2, 0.25) is 0 Å². The highest BCUT2D eigenvalue weighted by Crippen LogP contribution is 2.16. The van der Waals surface area contributed by atoms with Gasteiger partial charge in [-0.15, -0.1) is 11.3 Å². The van der Waals surface area contributed by atoms with Gasteiger partial charge >= 0.3 is 0 Å². The normalized spacial score (nSPS) is 11.7. The third-order valence-electron chi connectivity index (χ3n) is 2.78. The molecule has 1 heterocycles. The van der Waals surface area contributed by atoms with Crippen molar-refractivity contribution in [2.24, 2.45) is 0 Å². The zero-order valence-electron chi connectivity index (χ0n) is 11.5. The number of rotatable bonds is 7. The Morgan fingerprint density at radius 3 is 2.81 bits per heavy atom. The average molecular weight is 329 g/mol. The molecule has 1 aromatic heterocycles. The van der Waals surface area contributed by atoms with Crippen LogP contribution in [0.5, 0.6) is 0 Å². The fraction of sp³-hybridized carbons (Fsp3) is 0.308. The largest absolute Gasteiger partial charge is 0.316 e. The first kappa shape index (κ1) is 16.0. The van der Waals surface area contributed by atoms with Gasteiger partial charge in [0.2, 0.25) is 10.0 Å². The second-order valence-corrected chi connectivity index (χ2v) is 7.08. The highest BCUT2D eigenvalue weighted by molar-refractivity contribution is 7.89. The van der Waals surface area contributed by atoms with Crippen molar-refractivity contribution in [3.63, 3.8) is 0 Å². The third kappa shape index (κ3) is 4.31. The van der Waals surface area contributed by atoms with Crippen molar-refractivity contribution in [3.8, 4) is 0 Å². The van der Waals surface area contributed by atoms with Crippen LogP contribution in [-0.4, -0.2) is 27.0 Å². The molecule has 8 heteroatoms. The van der Waals surface area contributed by atoms with Crippen molar-refractivity contribution >= 4 is 21.4 Å². The number of hydrogen-bond acceptors (Lipinski definition) is 5. The van der Waals surface area contributed by atoms with Gasteiger partial charge in [-0.05, 0) is 24.7 Å². The highest BCUT2D eigenvalue weighted by atomic mass is 32.2. The molecule has 0 aliphatic heterocycles. The van der Waals surface area contributed by atoms with Crippen LogP contribution in [0.15, 0.2) is 34.7 Å². The smallest absolute Gasteiger partial charge is 0.243 e. The van der Waals surface area contributed by atoms with E-state index in [0.29, 0.717) is 18.5 Å². The molecule has 21 heavy (non-hydrogen) atoms. The van der Waals surface area contributed by atoms with Crippen LogP contribution < -0.4 is 10.0 Å². The van der Waals surface area contributed by atoms with E-state index in [1.54, 1.807) is 19.3 Å². The molecule has 0 fully saturated rings. The minimum absolute atomic E-state index is 0.188. The lowest BCUT2D eigenvalue weighted by Crippen LogP contribution is -2.27. The molecular weight excluding hydrogens is 313 g/mol. The first-order valence-electron chi connectivity index (χ1n) is 6.34. The Labute approximate surface area is 127 Å². The van der Waals surface area contributed by atoms with E-state index in [4.69, 9.17) is 0 Å². The molecule has 2 N–H and O–H groups in total. The van der Waals surface area contributed by atoms with Crippen LogP contribution in [0.3, 0.4) is 0 Å². The summed E-state index contributed by atoms with van der Waals surface area (Å²) in [6.07, 6.45) is 2.14. The van der Waals surface area contributed by atoms with Gasteiger partial charge in [-0.3, -0.25) is 0 Å². The molecule has 0 amide bonds. The second-order valence-electron chi connectivity index (χ2n) is 4.37. The van der Waals surface area contributed by atoms with E-state index in [0.717, 1.165) is 5.01 Å². The molecule has 1 aromatic carbocycles. The molecule has 0 spiro atoms. The van der Waals surface area contributed by atoms with Crippen LogP contribution >= 0.6 is 11.3 Å². The number of sulfonamides is 1. The topological polar surface area (TPSA) is 71.1 Å². The van der Waals surface area contributed by atoms with Crippen molar-refractivity contribution in [1.82, 2.24) is 15.0 Å². The fourth-order valence-corrected chi connectivity index (χ4v) is 3.53. The number of aromatic nitrogens is 1. The number of hydrogen-bond donors (Lipinski definition) is 2. The van der Waals surface area contributed by atoms with Gasteiger partial charge in [-0.25, -0.2) is 22.5 Å². The Bertz CT molecular complexity index is 687. The Morgan fingerprint density at radius 2 is 2.19 bits per heavy atom. The van der Waals surface area contributed by atoms with Crippen molar-refractivity contribution in [1.29, 1.82) is 0 Å². The van der Waals surface area contributed by atoms with Gasteiger partial charge in [0.25, 0.3) is 0 Å². The average Bonchev–Trinajstić information content (AvgIpc) is 2.92. The summed E-state index contributed by atoms with van der Waals surface area (Å²) in [5.41, 5.74) is 0.691. The monoisotopic (exact) mass is 329 g/mol. The van der Waals surface area contributed by atoms with Gasteiger partial charge in [0.1, 0.15) is 10.7 Å². The van der Waals surface area contributed by atoms with Crippen molar-refractivity contribution < 1.29 is 12.8 Å². The SMILES string of the molecule is CNCc1ccc(S(=O)(=O)NCCc2nccs2)c(F)c1. The van der Waals surface area contributed by atoms with Gasteiger partial charge in [0, 0.05) is 31.1 Å². The van der Waals surface area contributed by atoms with Gasteiger partial charge in [0.15, 0.2) is 0 Å². The Hall–Kier alpha value is -1.35. The number of benzene rings is 1. The number of nitrogens with zero attached hydrogens (tertiary/aromatic N) is 1. The summed E-state index contributed by atoms with van der Waals surface area (Å²) in [6, 6.07) is 4.11. The lowest BCUT2D eigenvalue weighted by atomic mass is 10.2. The van der Waals surface area contributed by atoms with E-state index in [1.807, 2.05) is 5.38 Å². The van der Waals surface area contributed by atoms with E-state index < -0.39 is 15.8 Å². The zero-order valence-corrected chi connectivity index (χ0v) is 13.1. The van der Waals surface area contributed by atoms with E-state index in [-0.39, 0.29) is 11.4 Å². The van der Waals surface area contributed by atoms with E-state index in [9.17, 15) is 12.8 Å². The van der Waals surface area contributed by atoms with Crippen LogP contribution in [0.25, 0.3) is 0 Å². The van der Waals surface area contributed by atoms with E-state index in [2.05, 4.69) is 15.0 Å². The predicted octanol–water partition coefficient (Wildman–Crippen LogP) is 1.52. The Balaban J connectivity index is 2.04. The van der Waals surface area contributed by atoms with Crippen LogP contribution in [0, 0.1) is 5.82 Å². The summed E-state index contributed by atoms with van der Waals surface area (Å²) < 4.78 is 40.4. The molecule has 0 saturated carbocycles. The first-order chi connectivity index (χ1) is 10.0. The summed E-state index contributed by atoms with van der Waals surface area (Å²) in [5.74, 6) is -0.746. The van der Waals surface area contributed by atoms with E-state index >= 15 is 0 Å². The van der Waals surface area contributed by atoms with E-state index in [1.165, 1.54) is 23.5 Å². The van der Waals surface area contributed by atoms with Crippen molar-refractivity contribution in [3.05, 3.63) is 46.2 Å². The molecule has 0 aliphatic rings. The molecule has 114 valence electrons. The summed E-state index contributed by atoms with van der Waals surface area (Å²) in [7, 11) is -2.11. The number of nitrogens with one attached hydrogen (secondary N) is 2. The maximum atomic E-state index is 13.9. The van der Waals surface area contributed by atoms with Gasteiger partial charge in [-0.2, -0.15) is 0 Å². The summed E-state index contributed by atoms with van der Waals surface area (Å²) in [6.45, 7) is 0.669. The maximum absolute atomic E-state index is 13.9. The van der Waals surface area contributed by atoms with Crippen LogP contribution in [0.1, 0.15) is 10.6 Å². The molecule has 0 aliphatic carbocycles. The summed E-state index contributed by atoms with van der Waals surface area (Å²) in [5, 5.41) is 5.54. The number of halogens is 1. The molecule has 0 atom stereocenters. The Kier molecular flexibility index (Phi) is 5.40. The molecule has 2 aromatic rings. The third-order valence-corrected chi connectivity index (χ3v) is 5.11. The molecule has 0 unspecified atom stereocenters. The number of thiazole rings is 1. The standard InChI is InChI=1S/C13H16FN3O2S2/c1-15-9-10-2-3-12(11(14)8-10)21(18,19)17-5-4-13-16-6-7-20-13/h2-3,6-8,15,17H,4-5,9H2,1H3. The maximum Gasteiger partial charge on any atom is 0.243 e. The summed E-state index contributed by atoms with van der Waals surface area (Å²) >= 11 is 1.45. The molecular formula is C13H16FN3O2S2. The lowest BCUT2D eigenvalue weighted by molar-refractivity contribution is 0.555. The zero-order chi connectivity index (χ0) is 15.3. The van der Waals surface area contributed by atoms with Crippen LogP contribution in [0.4, 0.5) is 4.39 Å². The fourth-order valence-electron chi connectivity index (χ4n) is 1.82. The predicted molar refractivity (Wildman–Crippen MR) is 80.2 cm³/mol. The minimum Gasteiger partial charge on any atom is -0.316 e. The first-order valence-corrected chi connectivity index (χ1v) is 8.70. The molecule has 2 rings (SSSR count). The van der Waals surface area contributed by atoms with Crippen molar-refractivity contribution in [2.75, 3.05) is 13.6 Å². The molecule has 0 saturated heterocycles. The molecule has 0 radical (unpaired) electrons. The quantitative estimate of drug-likeness (QED) is 0.808. The second kappa shape index (κ2) is 7.08. The minimum atomic E-state index is -3.84. The van der Waals surface area contributed by atoms with Gasteiger partial charge in [0.05, 0.1) is 5.01 Å². The van der Waals surface area contributed by atoms with Gasteiger partial charge in [-0.1, -0.05) is 6.07 Å². The lowest BCUT2D eigenvalue weighted by Gasteiger charge is -2.08. The van der Waals surface area contributed by atoms with Crippen molar-refractivity contribution in [2.45, 2.75) is 17.9 Å². The summed E-state index contributed by atoms with van der Waals surface area (Å²) in [4.78, 5) is 3.73. The van der Waals surface area contributed by atoms with Gasteiger partial charge < -0.3 is 5.32 Å². The van der Waals surface area contributed by atoms with Crippen LogP contribution in [-0.2, 0) is 23.0 Å². The Morgan fingerprint density at radius 1 is 1.38 bits per heavy atom.